The van der Waals surface area contributed by atoms with Gasteiger partial charge in [-0.1, -0.05) is 30.3 Å². The monoisotopic (exact) mass is 399 g/mol. The number of nitrogens with one attached hydrogen (secondary N) is 1. The van der Waals surface area contributed by atoms with E-state index in [1.54, 1.807) is 25.3 Å². The van der Waals surface area contributed by atoms with Crippen LogP contribution >= 0.6 is 0 Å². The van der Waals surface area contributed by atoms with Crippen molar-refractivity contribution in [2.45, 2.75) is 18.9 Å². The van der Waals surface area contributed by atoms with Crippen LogP contribution in [-0.2, 0) is 11.2 Å². The van der Waals surface area contributed by atoms with Gasteiger partial charge in [0.25, 0.3) is 0 Å². The number of likely N-dealkylation sites (N-methyl/N-ethyl adjacent to an activating group) is 1. The standard InChI is InChI=1S/C23H30FN3O2/c1-26-13-15-27(16-14-26)22(19-7-10-20(29-2)11-8-19)17-25-23(28)12-9-18-5-3-4-6-21(18)24/h3-8,10-11,22H,9,12-17H2,1-2H3,(H,25,28). The van der Waals surface area contributed by atoms with E-state index in [9.17, 15) is 9.18 Å². The zero-order valence-corrected chi connectivity index (χ0v) is 17.2. The summed E-state index contributed by atoms with van der Waals surface area (Å²) in [5.41, 5.74) is 1.73. The molecule has 0 saturated carbocycles. The second-order valence-corrected chi connectivity index (χ2v) is 7.52. The number of ether oxygens (including phenoxy) is 1. The molecule has 1 aliphatic rings. The molecule has 1 saturated heterocycles. The molecule has 5 nitrogen and oxygen atoms in total. The van der Waals surface area contributed by atoms with Gasteiger partial charge in [0.15, 0.2) is 0 Å². The van der Waals surface area contributed by atoms with Gasteiger partial charge in [0.05, 0.1) is 13.2 Å². The van der Waals surface area contributed by atoms with Crippen LogP contribution in [0.5, 0.6) is 5.75 Å². The van der Waals surface area contributed by atoms with E-state index in [1.165, 1.54) is 6.07 Å². The average Bonchev–Trinajstić information content (AvgIpc) is 2.75. The highest BCUT2D eigenvalue weighted by molar-refractivity contribution is 5.76. The molecule has 29 heavy (non-hydrogen) atoms. The van der Waals surface area contributed by atoms with Crippen molar-refractivity contribution in [3.05, 3.63) is 65.5 Å². The lowest BCUT2D eigenvalue weighted by Gasteiger charge is -2.38. The summed E-state index contributed by atoms with van der Waals surface area (Å²) >= 11 is 0. The van der Waals surface area contributed by atoms with E-state index >= 15 is 0 Å². The van der Waals surface area contributed by atoms with Crippen LogP contribution in [0.2, 0.25) is 0 Å². The van der Waals surface area contributed by atoms with Gasteiger partial charge in [-0.15, -0.1) is 0 Å². The first-order valence-corrected chi connectivity index (χ1v) is 10.1. The molecule has 1 N–H and O–H groups in total. The van der Waals surface area contributed by atoms with E-state index < -0.39 is 0 Å². The molecule has 0 aliphatic carbocycles. The molecule has 1 heterocycles. The number of amides is 1. The van der Waals surface area contributed by atoms with Gasteiger partial charge >= 0.3 is 0 Å². The number of methoxy groups -OCH3 is 1. The molecule has 1 aliphatic heterocycles. The lowest BCUT2D eigenvalue weighted by Crippen LogP contribution is -2.48. The predicted molar refractivity (Wildman–Crippen MR) is 113 cm³/mol. The molecule has 156 valence electrons. The van der Waals surface area contributed by atoms with Crippen molar-refractivity contribution in [3.63, 3.8) is 0 Å². The lowest BCUT2D eigenvalue weighted by molar-refractivity contribution is -0.121. The van der Waals surface area contributed by atoms with Crippen LogP contribution in [0, 0.1) is 5.82 Å². The summed E-state index contributed by atoms with van der Waals surface area (Å²) in [4.78, 5) is 17.1. The van der Waals surface area contributed by atoms with Gasteiger partial charge in [-0.3, -0.25) is 9.69 Å². The minimum absolute atomic E-state index is 0.0547. The smallest absolute Gasteiger partial charge is 0.220 e. The van der Waals surface area contributed by atoms with Crippen molar-refractivity contribution in [2.24, 2.45) is 0 Å². The van der Waals surface area contributed by atoms with Crippen molar-refractivity contribution in [1.82, 2.24) is 15.1 Å². The third-order valence-electron chi connectivity index (χ3n) is 5.55. The fourth-order valence-electron chi connectivity index (χ4n) is 3.67. The van der Waals surface area contributed by atoms with Crippen LogP contribution in [0.1, 0.15) is 23.6 Å². The minimum atomic E-state index is -0.256. The molecule has 2 aromatic rings. The molecule has 0 spiro atoms. The number of piperazine rings is 1. The third kappa shape index (κ3) is 6.02. The molecule has 3 rings (SSSR count). The van der Waals surface area contributed by atoms with Crippen LogP contribution in [0.15, 0.2) is 48.5 Å². The summed E-state index contributed by atoms with van der Waals surface area (Å²) in [7, 11) is 3.78. The van der Waals surface area contributed by atoms with Crippen LogP contribution in [-0.4, -0.2) is 62.6 Å². The molecule has 0 bridgehead atoms. The largest absolute Gasteiger partial charge is 0.497 e. The molecule has 0 radical (unpaired) electrons. The summed E-state index contributed by atoms with van der Waals surface area (Å²) in [5, 5.41) is 3.06. The molecule has 2 aromatic carbocycles. The Kier molecular flexibility index (Phi) is 7.61. The van der Waals surface area contributed by atoms with Crippen molar-refractivity contribution >= 4 is 5.91 Å². The summed E-state index contributed by atoms with van der Waals surface area (Å²) in [6, 6.07) is 14.8. The Morgan fingerprint density at radius 2 is 1.79 bits per heavy atom. The minimum Gasteiger partial charge on any atom is -0.497 e. The highest BCUT2D eigenvalue weighted by Crippen LogP contribution is 2.24. The van der Waals surface area contributed by atoms with E-state index in [0.29, 0.717) is 18.5 Å². The molecule has 1 atom stereocenters. The molecule has 0 aromatic heterocycles. The summed E-state index contributed by atoms with van der Waals surface area (Å²) < 4.78 is 19.0. The Morgan fingerprint density at radius 3 is 2.45 bits per heavy atom. The van der Waals surface area contributed by atoms with E-state index in [1.807, 2.05) is 12.1 Å². The quantitative estimate of drug-likeness (QED) is 0.741. The fourth-order valence-corrected chi connectivity index (χ4v) is 3.67. The second-order valence-electron chi connectivity index (χ2n) is 7.52. The maximum atomic E-state index is 13.8. The van der Waals surface area contributed by atoms with E-state index in [0.717, 1.165) is 37.5 Å². The van der Waals surface area contributed by atoms with Crippen molar-refractivity contribution in [3.8, 4) is 5.75 Å². The SMILES string of the molecule is COc1ccc(C(CNC(=O)CCc2ccccc2F)N2CCN(C)CC2)cc1. The number of aryl methyl sites for hydroxylation is 1. The Bertz CT molecular complexity index is 789. The zero-order chi connectivity index (χ0) is 20.6. The Morgan fingerprint density at radius 1 is 1.10 bits per heavy atom. The first-order chi connectivity index (χ1) is 14.1. The Balaban J connectivity index is 1.61. The van der Waals surface area contributed by atoms with Gasteiger partial charge in [-0.2, -0.15) is 0 Å². The molecule has 1 unspecified atom stereocenters. The lowest BCUT2D eigenvalue weighted by atomic mass is 10.0. The molecular formula is C23H30FN3O2. The maximum absolute atomic E-state index is 13.8. The van der Waals surface area contributed by atoms with Crippen molar-refractivity contribution < 1.29 is 13.9 Å². The second kappa shape index (κ2) is 10.4. The van der Waals surface area contributed by atoms with Crippen LogP contribution in [0.4, 0.5) is 4.39 Å². The zero-order valence-electron chi connectivity index (χ0n) is 17.2. The number of nitrogens with zero attached hydrogens (tertiary/aromatic N) is 2. The molecular weight excluding hydrogens is 369 g/mol. The van der Waals surface area contributed by atoms with Gasteiger partial charge in [0, 0.05) is 39.1 Å². The summed E-state index contributed by atoms with van der Waals surface area (Å²) in [6.07, 6.45) is 0.680. The van der Waals surface area contributed by atoms with Gasteiger partial charge in [0.2, 0.25) is 5.91 Å². The van der Waals surface area contributed by atoms with Gasteiger partial charge in [-0.05, 0) is 42.8 Å². The molecule has 1 amide bonds. The third-order valence-corrected chi connectivity index (χ3v) is 5.55. The van der Waals surface area contributed by atoms with Crippen LogP contribution < -0.4 is 10.1 Å². The molecule has 1 fully saturated rings. The Labute approximate surface area is 172 Å². The number of carbonyl (C=O) groups excluding carboxylic acids is 1. The number of hydrogen-bond acceptors (Lipinski definition) is 4. The topological polar surface area (TPSA) is 44.8 Å². The van der Waals surface area contributed by atoms with Crippen molar-refractivity contribution in [2.75, 3.05) is 46.9 Å². The predicted octanol–water partition coefficient (Wildman–Crippen LogP) is 2.87. The number of rotatable bonds is 8. The first kappa shape index (κ1) is 21.3. The Hall–Kier alpha value is -2.44. The van der Waals surface area contributed by atoms with Crippen LogP contribution in [0.25, 0.3) is 0 Å². The number of benzene rings is 2. The van der Waals surface area contributed by atoms with E-state index in [-0.39, 0.29) is 24.2 Å². The van der Waals surface area contributed by atoms with Gasteiger partial charge < -0.3 is 15.0 Å². The van der Waals surface area contributed by atoms with E-state index in [2.05, 4.69) is 34.3 Å². The van der Waals surface area contributed by atoms with E-state index in [4.69, 9.17) is 4.74 Å². The van der Waals surface area contributed by atoms with Crippen LogP contribution in [0.3, 0.4) is 0 Å². The van der Waals surface area contributed by atoms with Gasteiger partial charge in [0.1, 0.15) is 11.6 Å². The normalized spacial score (nSPS) is 16.4. The summed E-state index contributed by atoms with van der Waals surface area (Å²) in [6.45, 7) is 4.46. The van der Waals surface area contributed by atoms with Gasteiger partial charge in [-0.25, -0.2) is 4.39 Å². The average molecular weight is 400 g/mol. The highest BCUT2D eigenvalue weighted by Gasteiger charge is 2.24. The summed E-state index contributed by atoms with van der Waals surface area (Å²) in [5.74, 6) is 0.509. The maximum Gasteiger partial charge on any atom is 0.220 e. The number of halogens is 1. The number of hydrogen-bond donors (Lipinski definition) is 1. The highest BCUT2D eigenvalue weighted by atomic mass is 19.1. The number of carbonyl (C=O) groups is 1. The fraction of sp³-hybridized carbons (Fsp3) is 0.435. The molecule has 6 heteroatoms. The van der Waals surface area contributed by atoms with Crippen molar-refractivity contribution in [1.29, 1.82) is 0 Å². The first-order valence-electron chi connectivity index (χ1n) is 10.1.